The second-order valence-corrected chi connectivity index (χ2v) is 10.0. The lowest BCUT2D eigenvalue weighted by molar-refractivity contribution is 0.490. The van der Waals surface area contributed by atoms with E-state index >= 15 is 0 Å². The predicted octanol–water partition coefficient (Wildman–Crippen LogP) is 5.46. The highest BCUT2D eigenvalue weighted by atomic mass is 31.2. The van der Waals surface area contributed by atoms with Crippen molar-refractivity contribution in [1.29, 1.82) is 0 Å². The smallest absolute Gasteiger partial charge is 0.146 e. The van der Waals surface area contributed by atoms with Gasteiger partial charge in [0.15, 0.2) is 0 Å². The molecule has 0 aliphatic heterocycles. The molecule has 1 fully saturated rings. The molecule has 1 aliphatic rings. The monoisotopic (exact) mass is 326 g/mol. The van der Waals surface area contributed by atoms with Crippen molar-refractivity contribution in [3.63, 3.8) is 0 Å². The topological polar surface area (TPSA) is 17.1 Å². The predicted molar refractivity (Wildman–Crippen MR) is 101 cm³/mol. The minimum Gasteiger partial charge on any atom is -0.313 e. The molecule has 0 N–H and O–H groups in total. The van der Waals surface area contributed by atoms with Gasteiger partial charge >= 0.3 is 0 Å². The number of hydrogen-bond acceptors (Lipinski definition) is 1. The highest BCUT2D eigenvalue weighted by molar-refractivity contribution is 7.79. The Kier molecular flexibility index (Phi) is 5.07. The summed E-state index contributed by atoms with van der Waals surface area (Å²) in [6.07, 6.45) is 5.91. The van der Waals surface area contributed by atoms with Crippen molar-refractivity contribution in [2.45, 2.75) is 57.5 Å². The molecular formula is C21H27OP. The molecule has 1 unspecified atom stereocenters. The van der Waals surface area contributed by atoms with Gasteiger partial charge in [-0.1, -0.05) is 87.7 Å². The lowest BCUT2D eigenvalue weighted by atomic mass is 10.0. The molecule has 122 valence electrons. The van der Waals surface area contributed by atoms with Crippen molar-refractivity contribution in [2.75, 3.05) is 0 Å². The molecular weight excluding hydrogens is 299 g/mol. The van der Waals surface area contributed by atoms with Crippen LogP contribution in [0.2, 0.25) is 0 Å². The molecule has 1 aliphatic carbocycles. The van der Waals surface area contributed by atoms with Gasteiger partial charge in [-0.25, -0.2) is 0 Å². The molecule has 1 saturated carbocycles. The van der Waals surface area contributed by atoms with Gasteiger partial charge in [0, 0.05) is 16.3 Å². The minimum absolute atomic E-state index is 0.304. The largest absolute Gasteiger partial charge is 0.313 e. The second-order valence-electron chi connectivity index (χ2n) is 7.00. The van der Waals surface area contributed by atoms with Crippen LogP contribution < -0.4 is 10.6 Å². The fourth-order valence-corrected chi connectivity index (χ4v) is 7.74. The van der Waals surface area contributed by atoms with Gasteiger partial charge in [-0.2, -0.15) is 0 Å². The summed E-state index contributed by atoms with van der Waals surface area (Å²) < 4.78 is 14.5. The Balaban J connectivity index is 2.19. The maximum atomic E-state index is 14.5. The molecule has 0 spiro atoms. The van der Waals surface area contributed by atoms with Gasteiger partial charge in [0.05, 0.1) is 0 Å². The number of rotatable bonds is 4. The molecule has 2 aromatic carbocycles. The van der Waals surface area contributed by atoms with E-state index in [0.29, 0.717) is 11.6 Å². The maximum absolute atomic E-state index is 14.5. The second kappa shape index (κ2) is 7.05. The standard InChI is InChI=1S/C21H27OP/c1-17(2)20-15-9-10-16-21(20)23(22,18-11-5-3-6-12-18)19-13-7-4-8-14-19/h3,5-6,9-12,15-17,19H,4,7-8,13-14H2,1-2H3. The fourth-order valence-electron chi connectivity index (χ4n) is 3.92. The van der Waals surface area contributed by atoms with Gasteiger partial charge in [0.2, 0.25) is 0 Å². The van der Waals surface area contributed by atoms with Crippen molar-refractivity contribution in [3.8, 4) is 0 Å². The van der Waals surface area contributed by atoms with Crippen molar-refractivity contribution < 1.29 is 4.57 Å². The van der Waals surface area contributed by atoms with Crippen LogP contribution in [0.3, 0.4) is 0 Å². The van der Waals surface area contributed by atoms with Crippen LogP contribution in [0.1, 0.15) is 57.4 Å². The van der Waals surface area contributed by atoms with E-state index in [1.165, 1.54) is 24.8 Å². The average molecular weight is 326 g/mol. The third kappa shape index (κ3) is 3.17. The Morgan fingerprint density at radius 1 is 0.870 bits per heavy atom. The molecule has 1 nitrogen and oxygen atoms in total. The molecule has 3 rings (SSSR count). The molecule has 0 amide bonds. The van der Waals surface area contributed by atoms with Crippen molar-refractivity contribution in [3.05, 3.63) is 60.2 Å². The van der Waals surface area contributed by atoms with E-state index in [9.17, 15) is 4.57 Å². The first-order valence-corrected chi connectivity index (χ1v) is 10.7. The summed E-state index contributed by atoms with van der Waals surface area (Å²) in [7, 11) is -2.59. The van der Waals surface area contributed by atoms with Crippen LogP contribution in [0, 0.1) is 0 Å². The van der Waals surface area contributed by atoms with E-state index in [4.69, 9.17) is 0 Å². The SMILES string of the molecule is CC(C)c1ccccc1P(=O)(c1ccccc1)C1CCCCC1. The summed E-state index contributed by atoms with van der Waals surface area (Å²) in [6, 6.07) is 18.7. The van der Waals surface area contributed by atoms with E-state index < -0.39 is 7.14 Å². The highest BCUT2D eigenvalue weighted by Gasteiger charge is 2.38. The van der Waals surface area contributed by atoms with Crippen LogP contribution in [0.15, 0.2) is 54.6 Å². The van der Waals surface area contributed by atoms with E-state index in [1.54, 1.807) is 0 Å². The summed E-state index contributed by atoms with van der Waals surface area (Å²) in [6.45, 7) is 4.41. The zero-order valence-electron chi connectivity index (χ0n) is 14.2. The third-order valence-electron chi connectivity index (χ3n) is 5.15. The maximum Gasteiger partial charge on any atom is 0.146 e. The van der Waals surface area contributed by atoms with E-state index in [0.717, 1.165) is 23.5 Å². The third-order valence-corrected chi connectivity index (χ3v) is 8.88. The normalized spacial score (nSPS) is 18.7. The van der Waals surface area contributed by atoms with Gasteiger partial charge in [-0.05, 0) is 24.3 Å². The Labute approximate surface area is 140 Å². The quantitative estimate of drug-likeness (QED) is 0.682. The van der Waals surface area contributed by atoms with Gasteiger partial charge < -0.3 is 4.57 Å². The van der Waals surface area contributed by atoms with E-state index in [-0.39, 0.29) is 0 Å². The first-order valence-electron chi connectivity index (χ1n) is 8.89. The van der Waals surface area contributed by atoms with Crippen molar-refractivity contribution in [1.82, 2.24) is 0 Å². The van der Waals surface area contributed by atoms with Crippen molar-refractivity contribution in [2.24, 2.45) is 0 Å². The van der Waals surface area contributed by atoms with Gasteiger partial charge in [0.25, 0.3) is 0 Å². The molecule has 0 aromatic heterocycles. The van der Waals surface area contributed by atoms with Gasteiger partial charge in [-0.3, -0.25) is 0 Å². The first kappa shape index (κ1) is 16.5. The summed E-state index contributed by atoms with van der Waals surface area (Å²) in [5, 5.41) is 2.15. The minimum atomic E-state index is -2.59. The van der Waals surface area contributed by atoms with Crippen LogP contribution in [0.5, 0.6) is 0 Å². The fraction of sp³-hybridized carbons (Fsp3) is 0.429. The lowest BCUT2D eigenvalue weighted by Crippen LogP contribution is -2.29. The summed E-state index contributed by atoms with van der Waals surface area (Å²) in [5.74, 6) is 0.395. The highest BCUT2D eigenvalue weighted by Crippen LogP contribution is 2.54. The molecule has 2 heteroatoms. The van der Waals surface area contributed by atoms with Crippen molar-refractivity contribution >= 4 is 17.8 Å². The van der Waals surface area contributed by atoms with Crippen LogP contribution in [0.4, 0.5) is 0 Å². The van der Waals surface area contributed by atoms with Gasteiger partial charge in [0.1, 0.15) is 7.14 Å². The van der Waals surface area contributed by atoms with Crippen LogP contribution in [0.25, 0.3) is 0 Å². The molecule has 23 heavy (non-hydrogen) atoms. The van der Waals surface area contributed by atoms with Gasteiger partial charge in [-0.15, -0.1) is 0 Å². The Morgan fingerprint density at radius 3 is 2.13 bits per heavy atom. The summed E-state index contributed by atoms with van der Waals surface area (Å²) in [5.41, 5.74) is 1.56. The zero-order chi connectivity index (χ0) is 16.3. The number of benzene rings is 2. The van der Waals surface area contributed by atoms with E-state index in [1.807, 2.05) is 18.2 Å². The molecule has 0 saturated heterocycles. The molecule has 1 atom stereocenters. The Hall–Kier alpha value is -1.33. The molecule has 2 aromatic rings. The first-order chi connectivity index (χ1) is 11.1. The Bertz CT molecular complexity index is 684. The molecule has 0 heterocycles. The van der Waals surface area contributed by atoms with E-state index in [2.05, 4.69) is 50.2 Å². The Morgan fingerprint density at radius 2 is 1.48 bits per heavy atom. The summed E-state index contributed by atoms with van der Waals surface area (Å²) >= 11 is 0. The molecule has 0 bridgehead atoms. The zero-order valence-corrected chi connectivity index (χ0v) is 15.1. The summed E-state index contributed by atoms with van der Waals surface area (Å²) in [4.78, 5) is 0. The molecule has 0 radical (unpaired) electrons. The number of hydrogen-bond donors (Lipinski definition) is 0. The van der Waals surface area contributed by atoms with Crippen LogP contribution in [-0.2, 0) is 4.57 Å². The average Bonchev–Trinajstić information content (AvgIpc) is 2.62. The lowest BCUT2D eigenvalue weighted by Gasteiger charge is -2.33. The van der Waals surface area contributed by atoms with Crippen LogP contribution >= 0.6 is 7.14 Å². The van der Waals surface area contributed by atoms with Crippen LogP contribution in [-0.4, -0.2) is 5.66 Å².